The third-order valence-electron chi connectivity index (χ3n) is 2.04. The van der Waals surface area contributed by atoms with Gasteiger partial charge in [0, 0.05) is 17.8 Å². The van der Waals surface area contributed by atoms with Gasteiger partial charge in [-0.3, -0.25) is 0 Å². The molecule has 82 valence electrons. The lowest BCUT2D eigenvalue weighted by Gasteiger charge is -2.08. The summed E-state index contributed by atoms with van der Waals surface area (Å²) in [6.45, 7) is 6.68. The van der Waals surface area contributed by atoms with Crippen molar-refractivity contribution < 1.29 is 9.47 Å². The lowest BCUT2D eigenvalue weighted by molar-refractivity contribution is 0.271. The normalized spacial score (nSPS) is 9.73. The highest BCUT2D eigenvalue weighted by Crippen LogP contribution is 2.15. The lowest BCUT2D eigenvalue weighted by atomic mass is 10.2. The van der Waals surface area contributed by atoms with Gasteiger partial charge in [0.15, 0.2) is 0 Å². The van der Waals surface area contributed by atoms with Crippen LogP contribution >= 0.6 is 0 Å². The van der Waals surface area contributed by atoms with Crippen LogP contribution in [0.25, 0.3) is 5.76 Å². The van der Waals surface area contributed by atoms with Crippen LogP contribution < -0.4 is 4.74 Å². The molecular formula is C12H17NO2. The number of hydrogen-bond acceptors (Lipinski definition) is 3. The second-order valence-electron chi connectivity index (χ2n) is 3.21. The van der Waals surface area contributed by atoms with Gasteiger partial charge in [0.1, 0.15) is 5.76 Å². The van der Waals surface area contributed by atoms with Crippen molar-refractivity contribution >= 4 is 5.76 Å². The predicted molar refractivity (Wildman–Crippen MR) is 60.7 cm³/mol. The van der Waals surface area contributed by atoms with Crippen molar-refractivity contribution in [2.45, 2.75) is 19.8 Å². The number of unbranched alkanes of at least 4 members (excludes halogenated alkanes) is 1. The molecule has 1 heterocycles. The van der Waals surface area contributed by atoms with Gasteiger partial charge in [-0.25, -0.2) is 4.98 Å². The van der Waals surface area contributed by atoms with Crippen LogP contribution in [0.15, 0.2) is 24.9 Å². The first-order valence-corrected chi connectivity index (χ1v) is 5.10. The molecule has 0 saturated heterocycles. The number of nitrogens with zero attached hydrogens (tertiary/aromatic N) is 1. The first kappa shape index (κ1) is 11.6. The van der Waals surface area contributed by atoms with Crippen molar-refractivity contribution in [3.63, 3.8) is 0 Å². The van der Waals surface area contributed by atoms with Gasteiger partial charge in [-0.05, 0) is 12.5 Å². The number of rotatable bonds is 6. The van der Waals surface area contributed by atoms with E-state index in [0.29, 0.717) is 18.2 Å². The van der Waals surface area contributed by atoms with Crippen LogP contribution in [0.2, 0.25) is 0 Å². The van der Waals surface area contributed by atoms with Crippen LogP contribution in [-0.2, 0) is 4.74 Å². The number of hydrogen-bond donors (Lipinski definition) is 0. The van der Waals surface area contributed by atoms with Gasteiger partial charge in [0.25, 0.3) is 0 Å². The van der Waals surface area contributed by atoms with Crippen LogP contribution in [0.4, 0.5) is 0 Å². The fourth-order valence-electron chi connectivity index (χ4n) is 1.09. The van der Waals surface area contributed by atoms with E-state index in [9.17, 15) is 0 Å². The molecule has 0 aromatic carbocycles. The van der Waals surface area contributed by atoms with E-state index in [1.807, 2.05) is 6.07 Å². The summed E-state index contributed by atoms with van der Waals surface area (Å²) < 4.78 is 10.4. The van der Waals surface area contributed by atoms with Crippen molar-refractivity contribution in [3.8, 4) is 5.88 Å². The fourth-order valence-corrected chi connectivity index (χ4v) is 1.09. The molecule has 0 radical (unpaired) electrons. The van der Waals surface area contributed by atoms with Crippen LogP contribution in [-0.4, -0.2) is 18.7 Å². The van der Waals surface area contributed by atoms with Gasteiger partial charge >= 0.3 is 0 Å². The van der Waals surface area contributed by atoms with E-state index in [0.717, 1.165) is 18.4 Å². The summed E-state index contributed by atoms with van der Waals surface area (Å²) >= 11 is 0. The van der Waals surface area contributed by atoms with Crippen molar-refractivity contribution in [2.75, 3.05) is 13.7 Å². The summed E-state index contributed by atoms with van der Waals surface area (Å²) in [5.74, 6) is 1.26. The van der Waals surface area contributed by atoms with Crippen LogP contribution in [0, 0.1) is 0 Å². The van der Waals surface area contributed by atoms with E-state index in [2.05, 4.69) is 18.5 Å². The molecule has 15 heavy (non-hydrogen) atoms. The highest BCUT2D eigenvalue weighted by Gasteiger charge is 2.00. The van der Waals surface area contributed by atoms with E-state index in [4.69, 9.17) is 9.47 Å². The second-order valence-corrected chi connectivity index (χ2v) is 3.21. The molecule has 0 N–H and O–H groups in total. The minimum Gasteiger partial charge on any atom is -0.494 e. The maximum atomic E-state index is 5.47. The van der Waals surface area contributed by atoms with E-state index in [-0.39, 0.29) is 0 Å². The monoisotopic (exact) mass is 207 g/mol. The quantitative estimate of drug-likeness (QED) is 0.531. The molecule has 0 atom stereocenters. The summed E-state index contributed by atoms with van der Waals surface area (Å²) in [6.07, 6.45) is 3.86. The summed E-state index contributed by atoms with van der Waals surface area (Å²) in [4.78, 5) is 4.08. The summed E-state index contributed by atoms with van der Waals surface area (Å²) in [5.41, 5.74) is 0.895. The van der Waals surface area contributed by atoms with Gasteiger partial charge < -0.3 is 9.47 Å². The molecular weight excluding hydrogens is 190 g/mol. The Balaban J connectivity index is 2.50. The third-order valence-corrected chi connectivity index (χ3v) is 2.04. The SMILES string of the molecule is C=C(OCCCC)c1ccc(OC)nc1. The fraction of sp³-hybridized carbons (Fsp3) is 0.417. The molecule has 0 aliphatic heterocycles. The maximum absolute atomic E-state index is 5.47. The van der Waals surface area contributed by atoms with E-state index >= 15 is 0 Å². The van der Waals surface area contributed by atoms with E-state index in [1.54, 1.807) is 19.4 Å². The summed E-state index contributed by atoms with van der Waals surface area (Å²) in [5, 5.41) is 0. The Labute approximate surface area is 90.7 Å². The number of pyridine rings is 1. The Morgan fingerprint density at radius 2 is 2.27 bits per heavy atom. The molecule has 0 unspecified atom stereocenters. The Bertz CT molecular complexity index is 306. The minimum atomic E-state index is 0.597. The molecule has 3 nitrogen and oxygen atoms in total. The van der Waals surface area contributed by atoms with Gasteiger partial charge in [0.2, 0.25) is 5.88 Å². The predicted octanol–water partition coefficient (Wildman–Crippen LogP) is 2.88. The number of ether oxygens (including phenoxy) is 2. The van der Waals surface area contributed by atoms with Crippen molar-refractivity contribution in [2.24, 2.45) is 0 Å². The van der Waals surface area contributed by atoms with Crippen LogP contribution in [0.5, 0.6) is 5.88 Å². The second kappa shape index (κ2) is 6.06. The standard InChI is InChI=1S/C12H17NO2/c1-4-5-8-15-10(2)11-6-7-12(14-3)13-9-11/h6-7,9H,2,4-5,8H2,1,3H3. The molecule has 0 amide bonds. The smallest absolute Gasteiger partial charge is 0.212 e. The molecule has 1 aromatic heterocycles. The Hall–Kier alpha value is -1.51. The molecule has 3 heteroatoms. The molecule has 1 rings (SSSR count). The van der Waals surface area contributed by atoms with Gasteiger partial charge in [-0.2, -0.15) is 0 Å². The zero-order valence-corrected chi connectivity index (χ0v) is 9.32. The largest absolute Gasteiger partial charge is 0.494 e. The Kier molecular flexibility index (Phi) is 4.68. The van der Waals surface area contributed by atoms with Crippen molar-refractivity contribution in [3.05, 3.63) is 30.5 Å². The maximum Gasteiger partial charge on any atom is 0.212 e. The molecule has 0 aliphatic carbocycles. The van der Waals surface area contributed by atoms with Crippen molar-refractivity contribution in [1.29, 1.82) is 0 Å². The average molecular weight is 207 g/mol. The number of aromatic nitrogens is 1. The summed E-state index contributed by atoms with van der Waals surface area (Å²) in [7, 11) is 1.59. The molecule has 0 spiro atoms. The first-order chi connectivity index (χ1) is 7.27. The van der Waals surface area contributed by atoms with E-state index in [1.165, 1.54) is 0 Å². The zero-order valence-electron chi connectivity index (χ0n) is 9.32. The van der Waals surface area contributed by atoms with Crippen LogP contribution in [0.1, 0.15) is 25.3 Å². The van der Waals surface area contributed by atoms with Crippen molar-refractivity contribution in [1.82, 2.24) is 4.98 Å². The first-order valence-electron chi connectivity index (χ1n) is 5.10. The zero-order chi connectivity index (χ0) is 11.1. The highest BCUT2D eigenvalue weighted by molar-refractivity contribution is 5.56. The molecule has 0 fully saturated rings. The molecule has 1 aromatic rings. The van der Waals surface area contributed by atoms with Gasteiger partial charge in [-0.1, -0.05) is 19.9 Å². The summed E-state index contributed by atoms with van der Waals surface area (Å²) in [6, 6.07) is 3.68. The Morgan fingerprint density at radius 1 is 1.47 bits per heavy atom. The van der Waals surface area contributed by atoms with Gasteiger partial charge in [0.05, 0.1) is 13.7 Å². The minimum absolute atomic E-state index is 0.597. The average Bonchev–Trinajstić information content (AvgIpc) is 2.29. The van der Waals surface area contributed by atoms with Gasteiger partial charge in [-0.15, -0.1) is 0 Å². The third kappa shape index (κ3) is 3.62. The Morgan fingerprint density at radius 3 is 2.80 bits per heavy atom. The molecule has 0 bridgehead atoms. The van der Waals surface area contributed by atoms with Crippen LogP contribution in [0.3, 0.4) is 0 Å². The molecule has 0 saturated carbocycles. The lowest BCUT2D eigenvalue weighted by Crippen LogP contribution is -1.95. The highest BCUT2D eigenvalue weighted by atomic mass is 16.5. The molecule has 0 aliphatic rings. The van der Waals surface area contributed by atoms with E-state index < -0.39 is 0 Å². The number of methoxy groups -OCH3 is 1. The topological polar surface area (TPSA) is 31.4 Å².